The molecule has 0 saturated carbocycles. The van der Waals surface area contributed by atoms with Crippen molar-refractivity contribution in [3.8, 4) is 17.2 Å². The number of carbonyl (C=O) groups excluding carboxylic acids is 1. The molecule has 194 valence electrons. The molecule has 3 aromatic carbocycles. The summed E-state index contributed by atoms with van der Waals surface area (Å²) >= 11 is 0. The molecule has 4 unspecified atom stereocenters. The number of ether oxygens (including phenoxy) is 2. The Balaban J connectivity index is 1.54. The predicted octanol–water partition coefficient (Wildman–Crippen LogP) is 4.54. The lowest BCUT2D eigenvalue weighted by Crippen LogP contribution is -2.42. The molecule has 2 aliphatic heterocycles. The molecule has 0 radical (unpaired) electrons. The van der Waals surface area contributed by atoms with Crippen LogP contribution in [0.5, 0.6) is 17.2 Å². The first-order valence-corrected chi connectivity index (χ1v) is 13.1. The average molecular weight is 502 g/mol. The Morgan fingerprint density at radius 3 is 2.41 bits per heavy atom. The second-order valence-corrected chi connectivity index (χ2v) is 9.58. The SMILES string of the molecule is CCCOc1ccc(C2C3C(NNC3c3ccccc3O)C(=O)N2CCc2ccccc2)cc1OCC. The molecular formula is C30H35N3O4. The molecule has 0 spiro atoms. The first-order valence-electron chi connectivity index (χ1n) is 13.1. The zero-order valence-electron chi connectivity index (χ0n) is 21.4. The second-order valence-electron chi connectivity index (χ2n) is 9.58. The molecule has 2 heterocycles. The summed E-state index contributed by atoms with van der Waals surface area (Å²) in [4.78, 5) is 15.8. The summed E-state index contributed by atoms with van der Waals surface area (Å²) in [6.07, 6.45) is 1.66. The average Bonchev–Trinajstić information content (AvgIpc) is 3.46. The number of nitrogens with zero attached hydrogens (tertiary/aromatic N) is 1. The van der Waals surface area contributed by atoms with Gasteiger partial charge < -0.3 is 19.5 Å². The van der Waals surface area contributed by atoms with Gasteiger partial charge in [0, 0.05) is 18.0 Å². The van der Waals surface area contributed by atoms with E-state index < -0.39 is 6.04 Å². The maximum atomic E-state index is 13.8. The summed E-state index contributed by atoms with van der Waals surface area (Å²) in [5.41, 5.74) is 9.51. The van der Waals surface area contributed by atoms with Crippen LogP contribution < -0.4 is 20.3 Å². The van der Waals surface area contributed by atoms with Gasteiger partial charge in [0.25, 0.3) is 0 Å². The minimum atomic E-state index is -0.406. The van der Waals surface area contributed by atoms with E-state index >= 15 is 0 Å². The van der Waals surface area contributed by atoms with Gasteiger partial charge in [0.05, 0.1) is 25.3 Å². The summed E-state index contributed by atoms with van der Waals surface area (Å²) < 4.78 is 11.9. The summed E-state index contributed by atoms with van der Waals surface area (Å²) in [7, 11) is 0. The number of likely N-dealkylation sites (tertiary alicyclic amines) is 1. The van der Waals surface area contributed by atoms with E-state index in [0.29, 0.717) is 31.3 Å². The molecule has 3 N–H and O–H groups in total. The number of hydrogen-bond donors (Lipinski definition) is 3. The third kappa shape index (κ3) is 5.02. The minimum absolute atomic E-state index is 0.0561. The highest BCUT2D eigenvalue weighted by molar-refractivity contribution is 5.86. The molecule has 3 aromatic rings. The number of hydrazine groups is 1. The van der Waals surface area contributed by atoms with E-state index in [-0.39, 0.29) is 29.7 Å². The van der Waals surface area contributed by atoms with Crippen LogP contribution >= 0.6 is 0 Å². The number of fused-ring (bicyclic) bond motifs is 1. The van der Waals surface area contributed by atoms with Crippen molar-refractivity contribution >= 4 is 5.91 Å². The number of amides is 1. The highest BCUT2D eigenvalue weighted by Gasteiger charge is 2.55. The number of phenolic OH excluding ortho intramolecular Hbond substituents is 1. The first-order chi connectivity index (χ1) is 18.1. The zero-order valence-corrected chi connectivity index (χ0v) is 21.4. The van der Waals surface area contributed by atoms with Gasteiger partial charge in [-0.05, 0) is 49.1 Å². The fraction of sp³-hybridized carbons (Fsp3) is 0.367. The van der Waals surface area contributed by atoms with Crippen LogP contribution in [0.25, 0.3) is 0 Å². The first kappa shape index (κ1) is 25.1. The van der Waals surface area contributed by atoms with Crippen LogP contribution in [0.2, 0.25) is 0 Å². The number of phenols is 1. The number of hydrogen-bond acceptors (Lipinski definition) is 6. The van der Waals surface area contributed by atoms with Crippen LogP contribution in [0, 0.1) is 5.92 Å². The molecule has 4 atom stereocenters. The summed E-state index contributed by atoms with van der Waals surface area (Å²) in [5, 5.41) is 10.7. The molecular weight excluding hydrogens is 466 g/mol. The van der Waals surface area contributed by atoms with Crippen LogP contribution in [-0.4, -0.2) is 41.7 Å². The van der Waals surface area contributed by atoms with Crippen LogP contribution in [0.4, 0.5) is 0 Å². The monoisotopic (exact) mass is 501 g/mol. The molecule has 2 fully saturated rings. The van der Waals surface area contributed by atoms with Crippen molar-refractivity contribution in [2.45, 2.75) is 44.8 Å². The van der Waals surface area contributed by atoms with Crippen molar-refractivity contribution < 1.29 is 19.4 Å². The van der Waals surface area contributed by atoms with E-state index in [1.165, 1.54) is 5.56 Å². The van der Waals surface area contributed by atoms with Crippen LogP contribution in [-0.2, 0) is 11.2 Å². The smallest absolute Gasteiger partial charge is 0.242 e. The van der Waals surface area contributed by atoms with E-state index in [9.17, 15) is 9.90 Å². The number of carbonyl (C=O) groups is 1. The Morgan fingerprint density at radius 2 is 1.65 bits per heavy atom. The summed E-state index contributed by atoms with van der Waals surface area (Å²) in [6.45, 7) is 5.74. The number of aromatic hydroxyl groups is 1. The maximum absolute atomic E-state index is 13.8. The van der Waals surface area contributed by atoms with E-state index in [1.54, 1.807) is 6.07 Å². The lowest BCUT2D eigenvalue weighted by atomic mass is 9.83. The Labute approximate surface area is 218 Å². The predicted molar refractivity (Wildman–Crippen MR) is 142 cm³/mol. The van der Waals surface area contributed by atoms with Crippen molar-refractivity contribution in [2.24, 2.45) is 5.92 Å². The zero-order chi connectivity index (χ0) is 25.8. The van der Waals surface area contributed by atoms with Gasteiger partial charge in [0.2, 0.25) is 5.91 Å². The lowest BCUT2D eigenvalue weighted by Gasteiger charge is -2.32. The highest BCUT2D eigenvalue weighted by Crippen LogP contribution is 2.49. The third-order valence-electron chi connectivity index (χ3n) is 7.24. The van der Waals surface area contributed by atoms with Gasteiger partial charge in [-0.1, -0.05) is 61.5 Å². The van der Waals surface area contributed by atoms with Crippen molar-refractivity contribution in [1.29, 1.82) is 0 Å². The van der Waals surface area contributed by atoms with Crippen molar-refractivity contribution in [2.75, 3.05) is 19.8 Å². The highest BCUT2D eigenvalue weighted by atomic mass is 16.5. The molecule has 2 saturated heterocycles. The van der Waals surface area contributed by atoms with Gasteiger partial charge >= 0.3 is 0 Å². The molecule has 1 amide bonds. The van der Waals surface area contributed by atoms with Gasteiger partial charge in [-0.15, -0.1) is 0 Å². The van der Waals surface area contributed by atoms with Gasteiger partial charge in [-0.3, -0.25) is 4.79 Å². The van der Waals surface area contributed by atoms with Gasteiger partial charge in [-0.25, -0.2) is 10.9 Å². The Hall–Kier alpha value is -3.55. The van der Waals surface area contributed by atoms with E-state index in [0.717, 1.165) is 24.0 Å². The van der Waals surface area contributed by atoms with Crippen molar-refractivity contribution in [3.63, 3.8) is 0 Å². The number of nitrogens with one attached hydrogen (secondary N) is 2. The molecule has 7 nitrogen and oxygen atoms in total. The number of benzene rings is 3. The van der Waals surface area contributed by atoms with Gasteiger partial charge in [0.15, 0.2) is 11.5 Å². The number of para-hydroxylation sites is 1. The largest absolute Gasteiger partial charge is 0.508 e. The quantitative estimate of drug-likeness (QED) is 0.378. The fourth-order valence-electron chi connectivity index (χ4n) is 5.57. The van der Waals surface area contributed by atoms with Crippen LogP contribution in [0.15, 0.2) is 72.8 Å². The van der Waals surface area contributed by atoms with Crippen LogP contribution in [0.3, 0.4) is 0 Å². The minimum Gasteiger partial charge on any atom is -0.508 e. The molecule has 37 heavy (non-hydrogen) atoms. The molecule has 0 bridgehead atoms. The molecule has 5 rings (SSSR count). The summed E-state index contributed by atoms with van der Waals surface area (Å²) in [5.74, 6) is 1.54. The molecule has 7 heteroatoms. The maximum Gasteiger partial charge on any atom is 0.242 e. The fourth-order valence-corrected chi connectivity index (χ4v) is 5.57. The third-order valence-corrected chi connectivity index (χ3v) is 7.24. The van der Waals surface area contributed by atoms with E-state index in [2.05, 4.69) is 29.9 Å². The molecule has 0 aliphatic carbocycles. The topological polar surface area (TPSA) is 83.1 Å². The molecule has 0 aromatic heterocycles. The Kier molecular flexibility index (Phi) is 7.63. The standard InChI is InChI=1S/C30H35N3O4/c1-3-18-37-24-15-14-21(19-25(24)36-4-2)29-26-27(22-12-8-9-13-23(22)34)31-32-28(26)30(35)33(29)17-16-20-10-6-5-7-11-20/h5-15,19,26-29,31-32,34H,3-4,16-18H2,1-2H3. The van der Waals surface area contributed by atoms with Crippen LogP contribution in [0.1, 0.15) is 49.0 Å². The Morgan fingerprint density at radius 1 is 0.892 bits per heavy atom. The lowest BCUT2D eigenvalue weighted by molar-refractivity contribution is -0.130. The van der Waals surface area contributed by atoms with Crippen molar-refractivity contribution in [1.82, 2.24) is 15.8 Å². The normalized spacial score (nSPS) is 22.8. The number of rotatable bonds is 10. The van der Waals surface area contributed by atoms with Gasteiger partial charge in [0.1, 0.15) is 11.8 Å². The van der Waals surface area contributed by atoms with E-state index in [4.69, 9.17) is 9.47 Å². The van der Waals surface area contributed by atoms with Crippen molar-refractivity contribution in [3.05, 3.63) is 89.5 Å². The summed E-state index contributed by atoms with van der Waals surface area (Å²) in [6, 6.07) is 22.7. The Bertz CT molecular complexity index is 1220. The molecule has 2 aliphatic rings. The van der Waals surface area contributed by atoms with E-state index in [1.807, 2.05) is 66.4 Å². The second kappa shape index (κ2) is 11.2. The van der Waals surface area contributed by atoms with Gasteiger partial charge in [-0.2, -0.15) is 0 Å².